The van der Waals surface area contributed by atoms with Crippen LogP contribution in [0.5, 0.6) is 0 Å². The molecule has 3 nitrogen and oxygen atoms in total. The van der Waals surface area contributed by atoms with Crippen molar-refractivity contribution in [1.82, 2.24) is 0 Å². The van der Waals surface area contributed by atoms with Gasteiger partial charge in [-0.25, -0.2) is 0 Å². The van der Waals surface area contributed by atoms with Crippen LogP contribution < -0.4 is 0 Å². The first kappa shape index (κ1) is 13.8. The molecule has 19 heavy (non-hydrogen) atoms. The number of rotatable bonds is 4. The molecule has 1 aromatic carbocycles. The average molecular weight is 260 g/mol. The Morgan fingerprint density at radius 2 is 1.63 bits per heavy atom. The van der Waals surface area contributed by atoms with E-state index >= 15 is 0 Å². The Hall–Kier alpha value is -1.64. The zero-order valence-electron chi connectivity index (χ0n) is 11.7. The second-order valence-electron chi connectivity index (χ2n) is 5.65. The molecule has 2 rings (SSSR count). The molecule has 3 heteroatoms. The minimum absolute atomic E-state index is 0.0775. The standard InChI is InChI=1S/C16H20O3/c1-9-6-10(2)14(11(3)7-9)8-15(17)12-4-5-13(12)16(18)19/h6-7,12-13H,4-5,8H2,1-3H3,(H,18,19). The molecule has 1 N–H and O–H groups in total. The SMILES string of the molecule is Cc1cc(C)c(CC(=O)C2CCC2C(=O)O)c(C)c1. The predicted octanol–water partition coefficient (Wildman–Crippen LogP) is 2.83. The van der Waals surface area contributed by atoms with Gasteiger partial charge >= 0.3 is 5.97 Å². The summed E-state index contributed by atoms with van der Waals surface area (Å²) in [5, 5.41) is 9.01. The van der Waals surface area contributed by atoms with Gasteiger partial charge in [0.25, 0.3) is 0 Å². The normalized spacial score (nSPS) is 21.8. The van der Waals surface area contributed by atoms with Crippen LogP contribution in [-0.4, -0.2) is 16.9 Å². The summed E-state index contributed by atoms with van der Waals surface area (Å²) in [5.41, 5.74) is 4.50. The van der Waals surface area contributed by atoms with Crippen molar-refractivity contribution < 1.29 is 14.7 Å². The van der Waals surface area contributed by atoms with Gasteiger partial charge in [-0.2, -0.15) is 0 Å². The van der Waals surface area contributed by atoms with Gasteiger partial charge in [0.2, 0.25) is 0 Å². The van der Waals surface area contributed by atoms with Gasteiger partial charge in [-0.1, -0.05) is 17.7 Å². The van der Waals surface area contributed by atoms with E-state index in [2.05, 4.69) is 12.1 Å². The lowest BCUT2D eigenvalue weighted by molar-refractivity contribution is -0.151. The highest BCUT2D eigenvalue weighted by Crippen LogP contribution is 2.36. The third-order valence-electron chi connectivity index (χ3n) is 4.20. The zero-order valence-corrected chi connectivity index (χ0v) is 11.7. The lowest BCUT2D eigenvalue weighted by Crippen LogP contribution is -2.39. The molecule has 102 valence electrons. The van der Waals surface area contributed by atoms with E-state index in [9.17, 15) is 9.59 Å². The summed E-state index contributed by atoms with van der Waals surface area (Å²) in [4.78, 5) is 23.2. The monoisotopic (exact) mass is 260 g/mol. The Morgan fingerprint density at radius 1 is 1.11 bits per heavy atom. The molecule has 1 aliphatic carbocycles. The predicted molar refractivity (Wildman–Crippen MR) is 73.2 cm³/mol. The third kappa shape index (κ3) is 2.70. The lowest BCUT2D eigenvalue weighted by Gasteiger charge is -2.32. The number of Topliss-reactive ketones (excluding diaryl/α,β-unsaturated/α-hetero) is 1. The number of benzene rings is 1. The highest BCUT2D eigenvalue weighted by molar-refractivity contribution is 5.89. The highest BCUT2D eigenvalue weighted by Gasteiger charge is 2.40. The number of hydrogen-bond donors (Lipinski definition) is 1. The van der Waals surface area contributed by atoms with Crippen molar-refractivity contribution in [3.8, 4) is 0 Å². The van der Waals surface area contributed by atoms with Crippen LogP contribution in [0.15, 0.2) is 12.1 Å². The summed E-state index contributed by atoms with van der Waals surface area (Å²) in [6.07, 6.45) is 1.73. The van der Waals surface area contributed by atoms with E-state index in [0.29, 0.717) is 12.8 Å². The molecule has 0 amide bonds. The van der Waals surface area contributed by atoms with Crippen molar-refractivity contribution in [2.45, 2.75) is 40.0 Å². The quantitative estimate of drug-likeness (QED) is 0.905. The molecule has 0 radical (unpaired) electrons. The van der Waals surface area contributed by atoms with Gasteiger partial charge in [0.05, 0.1) is 5.92 Å². The van der Waals surface area contributed by atoms with E-state index < -0.39 is 11.9 Å². The molecule has 0 spiro atoms. The van der Waals surface area contributed by atoms with Crippen LogP contribution in [-0.2, 0) is 16.0 Å². The smallest absolute Gasteiger partial charge is 0.307 e. The van der Waals surface area contributed by atoms with Gasteiger partial charge in [0.1, 0.15) is 5.78 Å². The first-order chi connectivity index (χ1) is 8.90. The summed E-state index contributed by atoms with van der Waals surface area (Å²) >= 11 is 0. The van der Waals surface area contributed by atoms with Crippen LogP contribution >= 0.6 is 0 Å². The van der Waals surface area contributed by atoms with Crippen LogP contribution in [0.25, 0.3) is 0 Å². The highest BCUT2D eigenvalue weighted by atomic mass is 16.4. The summed E-state index contributed by atoms with van der Waals surface area (Å²) in [6.45, 7) is 6.06. The molecule has 0 aliphatic heterocycles. The second kappa shape index (κ2) is 5.16. The molecular weight excluding hydrogens is 240 g/mol. The fourth-order valence-electron chi connectivity index (χ4n) is 2.98. The molecule has 0 aromatic heterocycles. The fraction of sp³-hybridized carbons (Fsp3) is 0.500. The second-order valence-corrected chi connectivity index (χ2v) is 5.65. The number of aliphatic carboxylic acids is 1. The van der Waals surface area contributed by atoms with E-state index in [4.69, 9.17) is 5.11 Å². The molecular formula is C16H20O3. The van der Waals surface area contributed by atoms with E-state index in [1.165, 1.54) is 5.56 Å². The van der Waals surface area contributed by atoms with Gasteiger partial charge in [0, 0.05) is 12.3 Å². The van der Waals surface area contributed by atoms with E-state index in [1.54, 1.807) is 0 Å². The maximum absolute atomic E-state index is 12.2. The molecule has 1 aromatic rings. The Kier molecular flexibility index (Phi) is 3.74. The zero-order chi connectivity index (χ0) is 14.2. The van der Waals surface area contributed by atoms with Crippen LogP contribution in [0.4, 0.5) is 0 Å². The molecule has 1 saturated carbocycles. The number of carbonyl (C=O) groups excluding carboxylic acids is 1. The first-order valence-corrected chi connectivity index (χ1v) is 6.72. The van der Waals surface area contributed by atoms with E-state index in [1.807, 2.05) is 20.8 Å². The molecule has 0 heterocycles. The molecule has 1 aliphatic rings. The number of hydrogen-bond acceptors (Lipinski definition) is 2. The number of carboxylic acids is 1. The van der Waals surface area contributed by atoms with Gasteiger partial charge in [-0.05, 0) is 50.3 Å². The first-order valence-electron chi connectivity index (χ1n) is 6.72. The number of carbonyl (C=O) groups is 2. The van der Waals surface area contributed by atoms with Gasteiger partial charge in [-0.3, -0.25) is 9.59 Å². The molecule has 2 atom stereocenters. The van der Waals surface area contributed by atoms with Crippen LogP contribution in [0.3, 0.4) is 0 Å². The topological polar surface area (TPSA) is 54.4 Å². The number of carboxylic acid groups (broad SMARTS) is 1. The van der Waals surface area contributed by atoms with Crippen LogP contribution in [0.2, 0.25) is 0 Å². The molecule has 0 bridgehead atoms. The van der Waals surface area contributed by atoms with Crippen molar-refractivity contribution in [2.75, 3.05) is 0 Å². The van der Waals surface area contributed by atoms with Crippen molar-refractivity contribution in [3.05, 3.63) is 34.4 Å². The number of ketones is 1. The maximum Gasteiger partial charge on any atom is 0.307 e. The Bertz CT molecular complexity index is 508. The average Bonchev–Trinajstić information content (AvgIpc) is 2.20. The Morgan fingerprint density at radius 3 is 2.05 bits per heavy atom. The largest absolute Gasteiger partial charge is 0.481 e. The lowest BCUT2D eigenvalue weighted by atomic mass is 9.70. The summed E-state index contributed by atoms with van der Waals surface area (Å²) in [6, 6.07) is 4.15. The maximum atomic E-state index is 12.2. The van der Waals surface area contributed by atoms with Crippen molar-refractivity contribution in [1.29, 1.82) is 0 Å². The summed E-state index contributed by atoms with van der Waals surface area (Å²) in [7, 11) is 0. The van der Waals surface area contributed by atoms with Crippen molar-refractivity contribution in [2.24, 2.45) is 11.8 Å². The van der Waals surface area contributed by atoms with Crippen LogP contribution in [0.1, 0.15) is 35.1 Å². The Labute approximate surface area is 113 Å². The minimum Gasteiger partial charge on any atom is -0.481 e. The van der Waals surface area contributed by atoms with Crippen molar-refractivity contribution >= 4 is 11.8 Å². The van der Waals surface area contributed by atoms with Gasteiger partial charge in [0.15, 0.2) is 0 Å². The third-order valence-corrected chi connectivity index (χ3v) is 4.20. The number of aryl methyl sites for hydroxylation is 3. The van der Waals surface area contributed by atoms with Crippen LogP contribution in [0, 0.1) is 32.6 Å². The molecule has 0 saturated heterocycles. The van der Waals surface area contributed by atoms with Crippen molar-refractivity contribution in [3.63, 3.8) is 0 Å². The van der Waals surface area contributed by atoms with E-state index in [-0.39, 0.29) is 11.7 Å². The molecule has 2 unspecified atom stereocenters. The molecule has 1 fully saturated rings. The summed E-state index contributed by atoms with van der Waals surface area (Å²) < 4.78 is 0. The van der Waals surface area contributed by atoms with E-state index in [0.717, 1.165) is 23.1 Å². The summed E-state index contributed by atoms with van der Waals surface area (Å²) in [5.74, 6) is -1.49. The van der Waals surface area contributed by atoms with Gasteiger partial charge < -0.3 is 5.11 Å². The minimum atomic E-state index is -0.832. The fourth-order valence-corrected chi connectivity index (χ4v) is 2.98. The Balaban J connectivity index is 2.14. The van der Waals surface area contributed by atoms with Gasteiger partial charge in [-0.15, -0.1) is 0 Å².